The number of hydrogen-bond acceptors (Lipinski definition) is 4. The van der Waals surface area contributed by atoms with E-state index >= 15 is 0 Å². The minimum absolute atomic E-state index is 0.432. The van der Waals surface area contributed by atoms with Crippen LogP contribution in [0.15, 0.2) is 36.5 Å². The third-order valence-electron chi connectivity index (χ3n) is 3.93. The molecule has 0 radical (unpaired) electrons. The molecule has 1 aliphatic heterocycles. The van der Waals surface area contributed by atoms with Crippen LogP contribution < -0.4 is 5.32 Å². The first-order valence-corrected chi connectivity index (χ1v) is 7.97. The smallest absolute Gasteiger partial charge is 0.0897 e. The third-order valence-corrected chi connectivity index (χ3v) is 4.83. The molecule has 106 valence electrons. The predicted molar refractivity (Wildman–Crippen MR) is 83.9 cm³/mol. The summed E-state index contributed by atoms with van der Waals surface area (Å²) < 4.78 is 0. The number of nitrogens with zero attached hydrogens (tertiary/aromatic N) is 2. The molecular formula is C16H21N3S. The fraction of sp³-hybridized carbons (Fsp3) is 0.438. The molecule has 0 amide bonds. The molecule has 1 aromatic heterocycles. The van der Waals surface area contributed by atoms with Crippen LogP contribution in [0, 0.1) is 6.92 Å². The maximum absolute atomic E-state index is 4.36. The van der Waals surface area contributed by atoms with Crippen LogP contribution in [0.3, 0.4) is 0 Å². The Hall–Kier alpha value is -1.23. The van der Waals surface area contributed by atoms with Crippen molar-refractivity contribution in [3.8, 4) is 0 Å². The zero-order valence-corrected chi connectivity index (χ0v) is 12.9. The van der Waals surface area contributed by atoms with Gasteiger partial charge in [0, 0.05) is 42.8 Å². The quantitative estimate of drug-likeness (QED) is 0.940. The van der Waals surface area contributed by atoms with Gasteiger partial charge < -0.3 is 5.32 Å². The number of hydrogen-bond donors (Lipinski definition) is 1. The van der Waals surface area contributed by atoms with E-state index < -0.39 is 0 Å². The maximum atomic E-state index is 4.36. The van der Waals surface area contributed by atoms with Crippen molar-refractivity contribution in [2.24, 2.45) is 0 Å². The van der Waals surface area contributed by atoms with Crippen molar-refractivity contribution in [1.29, 1.82) is 0 Å². The molecular weight excluding hydrogens is 266 g/mol. The lowest BCUT2D eigenvalue weighted by atomic mass is 10.0. The molecule has 2 unspecified atom stereocenters. The normalized spacial score (nSPS) is 23.9. The number of aromatic nitrogens is 1. The molecule has 1 saturated heterocycles. The summed E-state index contributed by atoms with van der Waals surface area (Å²) in [6.07, 6.45) is 2.02. The lowest BCUT2D eigenvalue weighted by Gasteiger charge is -2.38. The summed E-state index contributed by atoms with van der Waals surface area (Å²) in [5.74, 6) is 0. The molecule has 1 fully saturated rings. The van der Waals surface area contributed by atoms with Gasteiger partial charge in [-0.25, -0.2) is 4.98 Å². The molecule has 2 atom stereocenters. The molecule has 2 heterocycles. The van der Waals surface area contributed by atoms with E-state index in [1.54, 1.807) is 0 Å². The lowest BCUT2D eigenvalue weighted by Crippen LogP contribution is -2.50. The van der Waals surface area contributed by atoms with Crippen LogP contribution in [-0.2, 0) is 6.54 Å². The van der Waals surface area contributed by atoms with E-state index in [2.05, 4.69) is 59.4 Å². The molecule has 3 rings (SSSR count). The molecule has 2 aromatic rings. The van der Waals surface area contributed by atoms with Crippen LogP contribution >= 0.6 is 11.3 Å². The largest absolute Gasteiger partial charge is 0.307 e. The highest BCUT2D eigenvalue weighted by Gasteiger charge is 2.26. The van der Waals surface area contributed by atoms with Crippen LogP contribution in [-0.4, -0.2) is 29.0 Å². The van der Waals surface area contributed by atoms with Gasteiger partial charge in [-0.3, -0.25) is 4.90 Å². The minimum atomic E-state index is 0.432. The maximum Gasteiger partial charge on any atom is 0.0897 e. The van der Waals surface area contributed by atoms with E-state index in [0.29, 0.717) is 12.1 Å². The molecule has 1 aliphatic rings. The highest BCUT2D eigenvalue weighted by atomic mass is 32.1. The van der Waals surface area contributed by atoms with E-state index in [0.717, 1.165) is 24.6 Å². The van der Waals surface area contributed by atoms with Crippen molar-refractivity contribution in [2.75, 3.05) is 13.1 Å². The predicted octanol–water partition coefficient (Wildman–Crippen LogP) is 2.99. The summed E-state index contributed by atoms with van der Waals surface area (Å²) >= 11 is 1.81. The Labute approximate surface area is 124 Å². The number of nitrogens with one attached hydrogen (secondary N) is 1. The van der Waals surface area contributed by atoms with Gasteiger partial charge in [-0.2, -0.15) is 0 Å². The van der Waals surface area contributed by atoms with Gasteiger partial charge in [0.05, 0.1) is 5.01 Å². The second kappa shape index (κ2) is 6.04. The number of thiazole rings is 1. The van der Waals surface area contributed by atoms with Crippen molar-refractivity contribution in [3.05, 3.63) is 52.0 Å². The number of rotatable bonds is 3. The van der Waals surface area contributed by atoms with Gasteiger partial charge >= 0.3 is 0 Å². The van der Waals surface area contributed by atoms with E-state index in [4.69, 9.17) is 0 Å². The second-order valence-electron chi connectivity index (χ2n) is 5.50. The second-order valence-corrected chi connectivity index (χ2v) is 6.81. The Morgan fingerprint density at radius 1 is 1.35 bits per heavy atom. The van der Waals surface area contributed by atoms with Gasteiger partial charge in [0.15, 0.2) is 0 Å². The first kappa shape index (κ1) is 13.7. The van der Waals surface area contributed by atoms with Gasteiger partial charge in [0.2, 0.25) is 0 Å². The Bertz CT molecular complexity index is 552. The Morgan fingerprint density at radius 3 is 2.85 bits per heavy atom. The molecule has 0 bridgehead atoms. The third kappa shape index (κ3) is 3.08. The van der Waals surface area contributed by atoms with Crippen LogP contribution in [0.2, 0.25) is 0 Å². The van der Waals surface area contributed by atoms with Gasteiger partial charge in [-0.15, -0.1) is 11.3 Å². The van der Waals surface area contributed by atoms with Crippen molar-refractivity contribution in [3.63, 3.8) is 0 Å². The van der Waals surface area contributed by atoms with E-state index in [-0.39, 0.29) is 0 Å². The van der Waals surface area contributed by atoms with Crippen molar-refractivity contribution >= 4 is 11.3 Å². The molecule has 0 aliphatic carbocycles. The lowest BCUT2D eigenvalue weighted by molar-refractivity contribution is 0.134. The van der Waals surface area contributed by atoms with Gasteiger partial charge in [-0.05, 0) is 19.4 Å². The van der Waals surface area contributed by atoms with E-state index in [1.807, 2.05) is 17.5 Å². The van der Waals surface area contributed by atoms with Crippen LogP contribution in [0.5, 0.6) is 0 Å². The Balaban J connectivity index is 1.70. The fourth-order valence-electron chi connectivity index (χ4n) is 2.73. The van der Waals surface area contributed by atoms with E-state index in [1.165, 1.54) is 10.4 Å². The molecule has 0 spiro atoms. The molecule has 0 saturated carbocycles. The summed E-state index contributed by atoms with van der Waals surface area (Å²) in [4.78, 5) is 8.28. The molecule has 20 heavy (non-hydrogen) atoms. The van der Waals surface area contributed by atoms with Crippen molar-refractivity contribution < 1.29 is 0 Å². The summed E-state index contributed by atoms with van der Waals surface area (Å²) in [5, 5.41) is 4.81. The molecule has 3 nitrogen and oxygen atoms in total. The number of aryl methyl sites for hydroxylation is 1. The summed E-state index contributed by atoms with van der Waals surface area (Å²) in [7, 11) is 0. The first-order chi connectivity index (χ1) is 9.72. The average molecular weight is 287 g/mol. The molecule has 1 N–H and O–H groups in total. The van der Waals surface area contributed by atoms with Gasteiger partial charge in [-0.1, -0.05) is 30.3 Å². The number of piperazine rings is 1. The Morgan fingerprint density at radius 2 is 2.15 bits per heavy atom. The average Bonchev–Trinajstić information content (AvgIpc) is 2.88. The van der Waals surface area contributed by atoms with Crippen LogP contribution in [0.1, 0.15) is 28.4 Å². The molecule has 1 aromatic carbocycles. The summed E-state index contributed by atoms with van der Waals surface area (Å²) in [5.41, 5.74) is 1.38. The highest BCUT2D eigenvalue weighted by Crippen LogP contribution is 2.23. The molecule has 4 heteroatoms. The summed E-state index contributed by atoms with van der Waals surface area (Å²) in [6.45, 7) is 7.47. The van der Waals surface area contributed by atoms with Gasteiger partial charge in [0.1, 0.15) is 0 Å². The van der Waals surface area contributed by atoms with Crippen LogP contribution in [0.4, 0.5) is 0 Å². The highest BCUT2D eigenvalue weighted by molar-refractivity contribution is 7.11. The Kier molecular flexibility index (Phi) is 4.15. The monoisotopic (exact) mass is 287 g/mol. The summed E-state index contributed by atoms with van der Waals surface area (Å²) in [6, 6.07) is 11.7. The van der Waals surface area contributed by atoms with E-state index in [9.17, 15) is 0 Å². The number of benzene rings is 1. The first-order valence-electron chi connectivity index (χ1n) is 7.16. The van der Waals surface area contributed by atoms with Gasteiger partial charge in [0.25, 0.3) is 0 Å². The fourth-order valence-corrected chi connectivity index (χ4v) is 3.55. The zero-order valence-electron chi connectivity index (χ0n) is 12.0. The topological polar surface area (TPSA) is 28.2 Å². The minimum Gasteiger partial charge on any atom is -0.307 e. The zero-order chi connectivity index (χ0) is 13.9. The standard InChI is InChI=1S/C16H21N3S/c1-12-8-18-16(14-6-4-3-5-7-14)11-19(12)10-15-9-17-13(2)20-15/h3-7,9,12,16,18H,8,10-11H2,1-2H3. The van der Waals surface area contributed by atoms with Crippen molar-refractivity contribution in [2.45, 2.75) is 32.5 Å². The van der Waals surface area contributed by atoms with Crippen molar-refractivity contribution in [1.82, 2.24) is 15.2 Å². The van der Waals surface area contributed by atoms with Crippen LogP contribution in [0.25, 0.3) is 0 Å². The SMILES string of the molecule is Cc1ncc(CN2CC(c3ccccc3)NCC2C)s1.